The largest absolute Gasteiger partial charge is 0.302 e. The van der Waals surface area contributed by atoms with Gasteiger partial charge in [-0.2, -0.15) is 0 Å². The van der Waals surface area contributed by atoms with Crippen LogP contribution in [-0.4, -0.2) is 54.0 Å². The van der Waals surface area contributed by atoms with Gasteiger partial charge in [-0.05, 0) is 61.8 Å². The highest BCUT2D eigenvalue weighted by molar-refractivity contribution is 7.99. The number of carbonyl (C=O) groups is 1. The summed E-state index contributed by atoms with van der Waals surface area (Å²) in [5.74, 6) is 0.475. The molecule has 1 amide bonds. The number of fused-ring (bicyclic) bond motifs is 1. The van der Waals surface area contributed by atoms with Crippen molar-refractivity contribution in [3.63, 3.8) is 0 Å². The van der Waals surface area contributed by atoms with Crippen LogP contribution in [0.5, 0.6) is 0 Å². The molecule has 1 heterocycles. The summed E-state index contributed by atoms with van der Waals surface area (Å²) in [4.78, 5) is 24.2. The number of thiazole rings is 1. The van der Waals surface area contributed by atoms with Crippen molar-refractivity contribution in [1.29, 1.82) is 0 Å². The molecule has 0 N–H and O–H groups in total. The molecule has 1 aromatic heterocycles. The fourth-order valence-electron chi connectivity index (χ4n) is 3.17. The van der Waals surface area contributed by atoms with E-state index in [4.69, 9.17) is 4.98 Å². The van der Waals surface area contributed by atoms with E-state index in [2.05, 4.69) is 37.1 Å². The Balaban J connectivity index is 0.00000363. The Morgan fingerprint density at radius 1 is 1.06 bits per heavy atom. The van der Waals surface area contributed by atoms with Crippen LogP contribution in [0.4, 0.5) is 9.52 Å². The van der Waals surface area contributed by atoms with Crippen molar-refractivity contribution >= 4 is 68.5 Å². The number of halogens is 2. The van der Waals surface area contributed by atoms with E-state index in [1.54, 1.807) is 47.0 Å². The Kier molecular flexibility index (Phi) is 11.3. The first kappa shape index (κ1) is 26.9. The number of carbonyl (C=O) groups excluding carboxylic acids is 1. The highest BCUT2D eigenvalue weighted by Crippen LogP contribution is 2.32. The Labute approximate surface area is 208 Å². The first-order chi connectivity index (χ1) is 15.0. The Bertz CT molecular complexity index is 996. The number of hydrogen-bond acceptors (Lipinski definition) is 6. The van der Waals surface area contributed by atoms with E-state index in [9.17, 15) is 9.18 Å². The van der Waals surface area contributed by atoms with Crippen LogP contribution in [-0.2, 0) is 4.79 Å². The maximum Gasteiger partial charge on any atom is 0.229 e. The van der Waals surface area contributed by atoms with E-state index in [-0.39, 0.29) is 24.1 Å². The summed E-state index contributed by atoms with van der Waals surface area (Å²) in [7, 11) is 0. The molecule has 174 valence electrons. The number of rotatable bonds is 11. The molecule has 0 atom stereocenters. The molecule has 32 heavy (non-hydrogen) atoms. The monoisotopic (exact) mass is 513 g/mol. The molecule has 9 heteroatoms. The van der Waals surface area contributed by atoms with Gasteiger partial charge in [-0.3, -0.25) is 9.69 Å². The van der Waals surface area contributed by atoms with Crippen molar-refractivity contribution in [3.05, 3.63) is 48.3 Å². The van der Waals surface area contributed by atoms with Crippen molar-refractivity contribution in [3.8, 4) is 0 Å². The Morgan fingerprint density at radius 3 is 2.41 bits per heavy atom. The molecule has 3 rings (SSSR count). The van der Waals surface area contributed by atoms with E-state index >= 15 is 0 Å². The molecule has 2 aromatic carbocycles. The molecule has 0 saturated carbocycles. The molecule has 3 aromatic rings. The third-order valence-electron chi connectivity index (χ3n) is 5.05. The first-order valence-electron chi connectivity index (χ1n) is 10.4. The van der Waals surface area contributed by atoms with Crippen LogP contribution in [0, 0.1) is 5.82 Å². The van der Waals surface area contributed by atoms with Crippen LogP contribution in [0.3, 0.4) is 0 Å². The number of amides is 1. The van der Waals surface area contributed by atoms with Crippen LogP contribution in [0.25, 0.3) is 10.2 Å². The number of likely N-dealkylation sites (N-methyl/N-ethyl adjacent to an activating group) is 1. The fraction of sp³-hybridized carbons (Fsp3) is 0.391. The van der Waals surface area contributed by atoms with Crippen LogP contribution in [0.1, 0.15) is 20.3 Å². The quantitative estimate of drug-likeness (QED) is 0.276. The van der Waals surface area contributed by atoms with Gasteiger partial charge in [0.25, 0.3) is 0 Å². The van der Waals surface area contributed by atoms with E-state index in [1.165, 1.54) is 17.0 Å². The number of nitrogens with zero attached hydrogens (tertiary/aromatic N) is 3. The lowest BCUT2D eigenvalue weighted by molar-refractivity contribution is -0.118. The molecule has 0 aliphatic carbocycles. The molecular formula is C23H29ClFN3OS3. The second kappa shape index (κ2) is 13.4. The summed E-state index contributed by atoms with van der Waals surface area (Å²) < 4.78 is 14.2. The van der Waals surface area contributed by atoms with Crippen molar-refractivity contribution in [2.45, 2.75) is 30.1 Å². The van der Waals surface area contributed by atoms with Crippen LogP contribution in [0.2, 0.25) is 0 Å². The average Bonchev–Trinajstić information content (AvgIpc) is 3.20. The summed E-state index contributed by atoms with van der Waals surface area (Å²) in [5.41, 5.74) is 0.930. The highest BCUT2D eigenvalue weighted by atomic mass is 35.5. The van der Waals surface area contributed by atoms with Gasteiger partial charge in [0.1, 0.15) is 5.82 Å². The highest BCUT2D eigenvalue weighted by Gasteiger charge is 2.20. The van der Waals surface area contributed by atoms with Crippen LogP contribution < -0.4 is 4.90 Å². The van der Waals surface area contributed by atoms with Gasteiger partial charge in [0.15, 0.2) is 5.13 Å². The lowest BCUT2D eigenvalue weighted by Crippen LogP contribution is -2.39. The van der Waals surface area contributed by atoms with Crippen molar-refractivity contribution in [2.24, 2.45) is 0 Å². The lowest BCUT2D eigenvalue weighted by atomic mass is 10.3. The number of hydrogen-bond donors (Lipinski definition) is 0. The van der Waals surface area contributed by atoms with Gasteiger partial charge in [-0.25, -0.2) is 9.37 Å². The van der Waals surface area contributed by atoms with Crippen molar-refractivity contribution < 1.29 is 9.18 Å². The molecule has 0 fully saturated rings. The predicted octanol–water partition coefficient (Wildman–Crippen LogP) is 6.44. The number of thioether (sulfide) groups is 2. The minimum atomic E-state index is -0.247. The fourth-order valence-corrected chi connectivity index (χ4v) is 5.57. The normalized spacial score (nSPS) is 11.0. The summed E-state index contributed by atoms with van der Waals surface area (Å²) >= 11 is 4.85. The molecule has 0 radical (unpaired) electrons. The zero-order valence-electron chi connectivity index (χ0n) is 18.5. The van der Waals surface area contributed by atoms with E-state index < -0.39 is 0 Å². The minimum Gasteiger partial charge on any atom is -0.302 e. The van der Waals surface area contributed by atoms with E-state index in [0.717, 1.165) is 39.9 Å². The summed E-state index contributed by atoms with van der Waals surface area (Å²) in [5, 5.41) is 0.761. The number of aromatic nitrogens is 1. The van der Waals surface area contributed by atoms with Gasteiger partial charge in [-0.15, -0.1) is 35.9 Å². The van der Waals surface area contributed by atoms with Gasteiger partial charge >= 0.3 is 0 Å². The molecule has 0 bridgehead atoms. The van der Waals surface area contributed by atoms with E-state index in [1.807, 2.05) is 11.0 Å². The predicted molar refractivity (Wildman–Crippen MR) is 141 cm³/mol. The average molecular weight is 514 g/mol. The summed E-state index contributed by atoms with van der Waals surface area (Å²) in [6.45, 7) is 7.62. The second-order valence-corrected chi connectivity index (χ2v) is 10.0. The number of anilines is 1. The number of benzene rings is 2. The zero-order valence-corrected chi connectivity index (χ0v) is 21.8. The van der Waals surface area contributed by atoms with Crippen LogP contribution in [0.15, 0.2) is 52.3 Å². The molecule has 0 aliphatic rings. The SMILES string of the molecule is CCN(CC)CCN(C(=O)CCSc1ccc(F)cc1)c1nc2ccc(SC)cc2s1.Cl. The lowest BCUT2D eigenvalue weighted by Gasteiger charge is -2.24. The smallest absolute Gasteiger partial charge is 0.229 e. The molecule has 0 saturated heterocycles. The maximum absolute atomic E-state index is 13.2. The molecule has 4 nitrogen and oxygen atoms in total. The van der Waals surface area contributed by atoms with Crippen molar-refractivity contribution in [2.75, 3.05) is 43.1 Å². The Morgan fingerprint density at radius 2 is 1.75 bits per heavy atom. The summed E-state index contributed by atoms with van der Waals surface area (Å²) in [6, 6.07) is 12.6. The van der Waals surface area contributed by atoms with Gasteiger partial charge in [0, 0.05) is 35.1 Å². The standard InChI is InChI=1S/C23H28FN3OS3.ClH/c1-4-26(5-2)13-14-27(22(28)12-15-30-18-8-6-17(24)7-9-18)23-25-20-11-10-19(29-3)16-21(20)31-23;/h6-11,16H,4-5,12-15H2,1-3H3;1H. The maximum atomic E-state index is 13.2. The molecule has 0 unspecified atom stereocenters. The van der Waals surface area contributed by atoms with Crippen LogP contribution >= 0.6 is 47.3 Å². The van der Waals surface area contributed by atoms with E-state index in [0.29, 0.717) is 18.7 Å². The zero-order chi connectivity index (χ0) is 22.2. The topological polar surface area (TPSA) is 36.4 Å². The molecule has 0 aliphatic heterocycles. The van der Waals surface area contributed by atoms with Gasteiger partial charge in [0.2, 0.25) is 5.91 Å². The second-order valence-electron chi connectivity index (χ2n) is 6.95. The van der Waals surface area contributed by atoms with Gasteiger partial charge < -0.3 is 4.90 Å². The Hall–Kier alpha value is -1.32. The molecule has 0 spiro atoms. The minimum absolute atomic E-state index is 0. The summed E-state index contributed by atoms with van der Waals surface area (Å²) in [6.07, 6.45) is 2.47. The molecular weight excluding hydrogens is 485 g/mol. The van der Waals surface area contributed by atoms with Gasteiger partial charge in [0.05, 0.1) is 10.2 Å². The van der Waals surface area contributed by atoms with Crippen molar-refractivity contribution in [1.82, 2.24) is 9.88 Å². The first-order valence-corrected chi connectivity index (χ1v) is 13.4. The van der Waals surface area contributed by atoms with Gasteiger partial charge in [-0.1, -0.05) is 25.2 Å². The third kappa shape index (κ3) is 7.35. The third-order valence-corrected chi connectivity index (χ3v) is 7.83.